The molecule has 242 valence electrons. The van der Waals surface area contributed by atoms with Gasteiger partial charge in [0.2, 0.25) is 5.89 Å². The summed E-state index contributed by atoms with van der Waals surface area (Å²) in [7, 11) is 1.65. The minimum absolute atomic E-state index is 0.114. The molecule has 0 atom stereocenters. The fourth-order valence-corrected chi connectivity index (χ4v) is 6.93. The molecule has 2 aromatic heterocycles. The molecule has 7 rings (SSSR count). The van der Waals surface area contributed by atoms with E-state index in [0.29, 0.717) is 42.0 Å². The molecule has 0 unspecified atom stereocenters. The zero-order valence-corrected chi connectivity index (χ0v) is 27.5. The lowest BCUT2D eigenvalue weighted by atomic mass is 9.96. The maximum Gasteiger partial charge on any atom is 0.275 e. The third-order valence-corrected chi connectivity index (χ3v) is 9.44. The number of piperazine rings is 1. The molecule has 10 heteroatoms. The van der Waals surface area contributed by atoms with Crippen molar-refractivity contribution in [3.05, 3.63) is 156 Å². The van der Waals surface area contributed by atoms with Crippen LogP contribution in [0.4, 0.5) is 0 Å². The van der Waals surface area contributed by atoms with Gasteiger partial charge in [0.25, 0.3) is 5.91 Å². The molecule has 4 aromatic carbocycles. The molecular weight excluding hydrogens is 621 g/mol. The van der Waals surface area contributed by atoms with E-state index >= 15 is 0 Å². The molecule has 1 aliphatic rings. The molecule has 1 aliphatic heterocycles. The molecule has 1 amide bonds. The summed E-state index contributed by atoms with van der Waals surface area (Å²) in [5.41, 5.74) is 4.89. The number of benzene rings is 4. The van der Waals surface area contributed by atoms with Crippen LogP contribution in [-0.2, 0) is 12.2 Å². The van der Waals surface area contributed by atoms with Crippen molar-refractivity contribution in [2.45, 2.75) is 23.4 Å². The van der Waals surface area contributed by atoms with Crippen LogP contribution in [-0.4, -0.2) is 68.7 Å². The molecule has 0 N–H and O–H groups in total. The smallest absolute Gasteiger partial charge is 0.275 e. The number of thioether (sulfide) groups is 1. The normalized spacial score (nSPS) is 13.6. The number of nitrogens with zero attached hydrogens (tertiary/aromatic N) is 6. The molecule has 1 fully saturated rings. The first-order chi connectivity index (χ1) is 23.7. The van der Waals surface area contributed by atoms with E-state index < -0.39 is 0 Å². The zero-order chi connectivity index (χ0) is 32.7. The van der Waals surface area contributed by atoms with Gasteiger partial charge in [0, 0.05) is 38.3 Å². The molecule has 0 bridgehead atoms. The van der Waals surface area contributed by atoms with E-state index in [4.69, 9.17) is 9.15 Å². The van der Waals surface area contributed by atoms with E-state index in [1.54, 1.807) is 7.11 Å². The highest BCUT2D eigenvalue weighted by atomic mass is 32.2. The van der Waals surface area contributed by atoms with Crippen LogP contribution in [0.1, 0.15) is 44.9 Å². The van der Waals surface area contributed by atoms with Gasteiger partial charge in [0.15, 0.2) is 10.9 Å². The van der Waals surface area contributed by atoms with Crippen molar-refractivity contribution in [2.24, 2.45) is 0 Å². The van der Waals surface area contributed by atoms with E-state index in [1.807, 2.05) is 64.1 Å². The molecule has 9 nitrogen and oxygen atoms in total. The summed E-state index contributed by atoms with van der Waals surface area (Å²) in [5, 5.41) is 9.77. The third-order valence-electron chi connectivity index (χ3n) is 8.53. The summed E-state index contributed by atoms with van der Waals surface area (Å²) < 4.78 is 13.2. The second kappa shape index (κ2) is 14.7. The maximum absolute atomic E-state index is 13.5. The number of rotatable bonds is 11. The number of carbonyl (C=O) groups is 1. The van der Waals surface area contributed by atoms with Gasteiger partial charge < -0.3 is 14.1 Å². The van der Waals surface area contributed by atoms with Crippen molar-refractivity contribution in [2.75, 3.05) is 33.3 Å². The number of aromatic nitrogens is 4. The van der Waals surface area contributed by atoms with Gasteiger partial charge in [-0.3, -0.25) is 14.3 Å². The van der Waals surface area contributed by atoms with Crippen LogP contribution in [0.2, 0.25) is 0 Å². The number of amides is 1. The van der Waals surface area contributed by atoms with Crippen LogP contribution in [0.5, 0.6) is 5.75 Å². The summed E-state index contributed by atoms with van der Waals surface area (Å²) in [6.07, 6.45) is 2.10. The lowest BCUT2D eigenvalue weighted by Gasteiger charge is -2.39. The van der Waals surface area contributed by atoms with Gasteiger partial charge in [-0.1, -0.05) is 103 Å². The molecule has 1 saturated heterocycles. The second-order valence-corrected chi connectivity index (χ2v) is 12.5. The molecule has 48 heavy (non-hydrogen) atoms. The molecule has 0 aliphatic carbocycles. The van der Waals surface area contributed by atoms with Crippen LogP contribution in [0.25, 0.3) is 5.69 Å². The Morgan fingerprint density at radius 3 is 2.06 bits per heavy atom. The SMILES string of the molecule is COc1ccc(-n2c(Cc3ccccc3)nnc2SCc2nc(C(=O)N3CCN(C(c4ccccc4)c4ccccc4)CC3)co2)cc1. The largest absolute Gasteiger partial charge is 0.497 e. The average molecular weight is 657 g/mol. The Morgan fingerprint density at radius 1 is 0.812 bits per heavy atom. The molecule has 0 radical (unpaired) electrons. The first kappa shape index (κ1) is 31.4. The number of carbonyl (C=O) groups excluding carboxylic acids is 1. The Bertz CT molecular complexity index is 1880. The summed E-state index contributed by atoms with van der Waals surface area (Å²) in [4.78, 5) is 22.4. The quantitative estimate of drug-likeness (QED) is 0.143. The van der Waals surface area contributed by atoms with Gasteiger partial charge in [-0.05, 0) is 41.0 Å². The fourth-order valence-electron chi connectivity index (χ4n) is 6.11. The van der Waals surface area contributed by atoms with Gasteiger partial charge in [-0.15, -0.1) is 10.2 Å². The average Bonchev–Trinajstić information content (AvgIpc) is 3.79. The van der Waals surface area contributed by atoms with E-state index in [9.17, 15) is 4.79 Å². The van der Waals surface area contributed by atoms with Crippen LogP contribution >= 0.6 is 11.8 Å². The van der Waals surface area contributed by atoms with Crippen molar-refractivity contribution in [1.29, 1.82) is 0 Å². The van der Waals surface area contributed by atoms with Gasteiger partial charge >= 0.3 is 0 Å². The van der Waals surface area contributed by atoms with E-state index in [-0.39, 0.29) is 11.9 Å². The molecule has 3 heterocycles. The molecular formula is C38H36N6O3S. The number of methoxy groups -OCH3 is 1. The predicted octanol–water partition coefficient (Wildman–Crippen LogP) is 6.69. The van der Waals surface area contributed by atoms with Gasteiger partial charge in [-0.25, -0.2) is 4.98 Å². The van der Waals surface area contributed by atoms with Crippen molar-refractivity contribution in [3.8, 4) is 11.4 Å². The van der Waals surface area contributed by atoms with Crippen molar-refractivity contribution >= 4 is 17.7 Å². The second-order valence-electron chi connectivity index (χ2n) is 11.6. The van der Waals surface area contributed by atoms with E-state index in [2.05, 4.69) is 80.7 Å². The Kier molecular flexibility index (Phi) is 9.62. The molecule has 6 aromatic rings. The van der Waals surface area contributed by atoms with Crippen LogP contribution < -0.4 is 4.74 Å². The van der Waals surface area contributed by atoms with E-state index in [0.717, 1.165) is 35.9 Å². The summed E-state index contributed by atoms with van der Waals surface area (Å²) in [5.74, 6) is 2.34. The monoisotopic (exact) mass is 656 g/mol. The number of ether oxygens (including phenoxy) is 1. The Balaban J connectivity index is 1.02. The zero-order valence-electron chi connectivity index (χ0n) is 26.7. The topological polar surface area (TPSA) is 89.5 Å². The van der Waals surface area contributed by atoms with Gasteiger partial charge in [0.1, 0.15) is 17.8 Å². The van der Waals surface area contributed by atoms with Crippen LogP contribution in [0.15, 0.2) is 131 Å². The fraction of sp³-hybridized carbons (Fsp3) is 0.211. The number of hydrogen-bond donors (Lipinski definition) is 0. The summed E-state index contributed by atoms with van der Waals surface area (Å²) >= 11 is 1.47. The number of hydrogen-bond acceptors (Lipinski definition) is 8. The van der Waals surface area contributed by atoms with Crippen LogP contribution in [0.3, 0.4) is 0 Å². The predicted molar refractivity (Wildman–Crippen MR) is 185 cm³/mol. The minimum atomic E-state index is -0.114. The lowest BCUT2D eigenvalue weighted by Crippen LogP contribution is -2.50. The first-order valence-corrected chi connectivity index (χ1v) is 17.0. The minimum Gasteiger partial charge on any atom is -0.497 e. The Morgan fingerprint density at radius 2 is 1.44 bits per heavy atom. The standard InChI is InChI=1S/C38H36N6O3S/c1-46-32-19-17-31(18-20-32)44-34(25-28-11-5-2-6-12-28)40-41-38(44)48-27-35-39-33(26-47-35)37(45)43-23-21-42(22-24-43)36(29-13-7-3-8-14-29)30-15-9-4-10-16-30/h2-20,26,36H,21-25,27H2,1H3. The highest BCUT2D eigenvalue weighted by Crippen LogP contribution is 2.30. The summed E-state index contributed by atoms with van der Waals surface area (Å²) in [6, 6.07) is 39.3. The highest BCUT2D eigenvalue weighted by Gasteiger charge is 2.29. The van der Waals surface area contributed by atoms with Crippen LogP contribution in [0, 0.1) is 0 Å². The van der Waals surface area contributed by atoms with Crippen molar-refractivity contribution in [1.82, 2.24) is 29.5 Å². The van der Waals surface area contributed by atoms with Gasteiger partial charge in [-0.2, -0.15) is 0 Å². The Labute approximate surface area is 284 Å². The number of oxazole rings is 1. The lowest BCUT2D eigenvalue weighted by molar-refractivity contribution is 0.0591. The molecule has 0 saturated carbocycles. The van der Waals surface area contributed by atoms with Crippen molar-refractivity contribution < 1.29 is 13.9 Å². The van der Waals surface area contributed by atoms with Gasteiger partial charge in [0.05, 0.1) is 18.9 Å². The summed E-state index contributed by atoms with van der Waals surface area (Å²) in [6.45, 7) is 2.74. The molecule has 0 spiro atoms. The Hall–Kier alpha value is -5.19. The van der Waals surface area contributed by atoms with E-state index in [1.165, 1.54) is 29.2 Å². The third kappa shape index (κ3) is 7.05. The highest BCUT2D eigenvalue weighted by molar-refractivity contribution is 7.98. The first-order valence-electron chi connectivity index (χ1n) is 16.0. The van der Waals surface area contributed by atoms with Crippen molar-refractivity contribution in [3.63, 3.8) is 0 Å². The maximum atomic E-state index is 13.5.